The van der Waals surface area contributed by atoms with Crippen LogP contribution >= 0.6 is 0 Å². The van der Waals surface area contributed by atoms with Gasteiger partial charge in [0, 0.05) is 17.1 Å². The average Bonchev–Trinajstić information content (AvgIpc) is 2.53. The van der Waals surface area contributed by atoms with E-state index in [2.05, 4.69) is 15.2 Å². The van der Waals surface area contributed by atoms with Gasteiger partial charge >= 0.3 is 5.97 Å². The molecule has 6 nitrogen and oxygen atoms in total. The highest BCUT2D eigenvalue weighted by atomic mass is 16.5. The van der Waals surface area contributed by atoms with Gasteiger partial charge in [0.05, 0.1) is 17.7 Å². The summed E-state index contributed by atoms with van der Waals surface area (Å²) >= 11 is 0. The Labute approximate surface area is 141 Å². The van der Waals surface area contributed by atoms with E-state index in [1.54, 1.807) is 31.3 Å². The van der Waals surface area contributed by atoms with Crippen LogP contribution in [-0.4, -0.2) is 34.8 Å². The highest BCUT2D eigenvalue weighted by Crippen LogP contribution is 2.30. The number of azo groups is 1. The molecule has 0 aliphatic carbocycles. The van der Waals surface area contributed by atoms with E-state index in [-0.39, 0.29) is 13.2 Å². The van der Waals surface area contributed by atoms with Crippen molar-refractivity contribution in [3.63, 3.8) is 0 Å². The van der Waals surface area contributed by atoms with E-state index < -0.39 is 17.1 Å². The zero-order valence-corrected chi connectivity index (χ0v) is 14.5. The number of para-hydroxylation sites is 1. The number of esters is 1. The van der Waals surface area contributed by atoms with E-state index in [9.17, 15) is 9.90 Å². The Morgan fingerprint density at radius 1 is 1.25 bits per heavy atom. The first-order chi connectivity index (χ1) is 11.3. The van der Waals surface area contributed by atoms with E-state index in [1.165, 1.54) is 0 Å². The van der Waals surface area contributed by atoms with Gasteiger partial charge in [-0.2, -0.15) is 10.2 Å². The van der Waals surface area contributed by atoms with Crippen LogP contribution in [0.25, 0.3) is 10.9 Å². The summed E-state index contributed by atoms with van der Waals surface area (Å²) in [5, 5.41) is 20.1. The van der Waals surface area contributed by atoms with Crippen LogP contribution in [0.5, 0.6) is 0 Å². The van der Waals surface area contributed by atoms with E-state index in [0.29, 0.717) is 11.1 Å². The molecule has 0 bridgehead atoms. The molecule has 2 aromatic rings. The molecule has 0 amide bonds. The third-order valence-electron chi connectivity index (χ3n) is 3.36. The molecule has 0 aliphatic rings. The van der Waals surface area contributed by atoms with Gasteiger partial charge in [0.25, 0.3) is 0 Å². The first-order valence-corrected chi connectivity index (χ1v) is 7.90. The molecule has 1 N–H and O–H groups in total. The number of hydrogen-bond donors (Lipinski definition) is 1. The van der Waals surface area contributed by atoms with Crippen molar-refractivity contribution in [1.29, 1.82) is 0 Å². The Hall–Kier alpha value is -2.34. The van der Waals surface area contributed by atoms with E-state index in [4.69, 9.17) is 4.74 Å². The van der Waals surface area contributed by atoms with Crippen LogP contribution in [-0.2, 0) is 15.1 Å². The third-order valence-corrected chi connectivity index (χ3v) is 3.36. The van der Waals surface area contributed by atoms with Crippen molar-refractivity contribution in [3.8, 4) is 0 Å². The number of hydrogen-bond acceptors (Lipinski definition) is 6. The second-order valence-electron chi connectivity index (χ2n) is 6.53. The minimum atomic E-state index is -1.93. The summed E-state index contributed by atoms with van der Waals surface area (Å²) in [5.74, 6) is -0.754. The molecule has 0 radical (unpaired) electrons. The summed E-state index contributed by atoms with van der Waals surface area (Å²) < 4.78 is 5.07. The topological polar surface area (TPSA) is 84.1 Å². The van der Waals surface area contributed by atoms with Crippen molar-refractivity contribution in [3.05, 3.63) is 42.1 Å². The summed E-state index contributed by atoms with van der Waals surface area (Å²) in [4.78, 5) is 16.8. The van der Waals surface area contributed by atoms with Gasteiger partial charge in [-0.15, -0.1) is 0 Å². The largest absolute Gasteiger partial charge is 0.464 e. The zero-order chi connectivity index (χ0) is 17.8. The number of rotatable bonds is 5. The number of aliphatic hydroxyl groups is 1. The van der Waals surface area contributed by atoms with Gasteiger partial charge in [-0.25, -0.2) is 4.79 Å². The fraction of sp³-hybridized carbons (Fsp3) is 0.444. The summed E-state index contributed by atoms with van der Waals surface area (Å²) in [6.45, 7) is 7.29. The lowest BCUT2D eigenvalue weighted by atomic mass is 9.91. The number of aromatic nitrogens is 1. The Morgan fingerprint density at radius 3 is 2.62 bits per heavy atom. The van der Waals surface area contributed by atoms with Gasteiger partial charge in [0.1, 0.15) is 6.54 Å². The molecule has 0 saturated carbocycles. The number of nitrogens with zero attached hydrogens (tertiary/aromatic N) is 3. The maximum atomic E-state index is 12.5. The number of carbonyl (C=O) groups excluding carboxylic acids is 1. The molecule has 1 heterocycles. The van der Waals surface area contributed by atoms with Crippen LogP contribution in [0.1, 0.15) is 33.3 Å². The number of carbonyl (C=O) groups is 1. The predicted octanol–water partition coefficient (Wildman–Crippen LogP) is 3.24. The minimum Gasteiger partial charge on any atom is -0.464 e. The number of fused-ring (bicyclic) bond motifs is 1. The summed E-state index contributed by atoms with van der Waals surface area (Å²) in [6, 6.07) is 8.97. The van der Waals surface area contributed by atoms with Crippen molar-refractivity contribution in [2.24, 2.45) is 10.2 Å². The SMILES string of the molecule is CCOC(=O)[C@](O)(CN=NC(C)(C)C)c1cccc2cccnc12. The molecule has 0 fully saturated rings. The highest BCUT2D eigenvalue weighted by molar-refractivity contribution is 5.90. The number of ether oxygens (including phenoxy) is 1. The summed E-state index contributed by atoms with van der Waals surface area (Å²) in [7, 11) is 0. The second kappa shape index (κ2) is 7.05. The third kappa shape index (κ3) is 3.94. The first-order valence-electron chi connectivity index (χ1n) is 7.90. The Kier molecular flexibility index (Phi) is 5.29. The molecule has 24 heavy (non-hydrogen) atoms. The van der Waals surface area contributed by atoms with E-state index in [0.717, 1.165) is 5.39 Å². The molecule has 128 valence electrons. The molecule has 6 heteroatoms. The molecule has 2 rings (SSSR count). The van der Waals surface area contributed by atoms with Crippen molar-refractivity contribution in [2.45, 2.75) is 38.8 Å². The fourth-order valence-corrected chi connectivity index (χ4v) is 2.30. The van der Waals surface area contributed by atoms with Crippen LogP contribution in [0.15, 0.2) is 46.8 Å². The lowest BCUT2D eigenvalue weighted by Gasteiger charge is -2.25. The minimum absolute atomic E-state index is 0.162. The standard InChI is InChI=1S/C18H23N3O3/c1-5-24-16(22)18(23,12-20-21-17(2,3)4)14-10-6-8-13-9-7-11-19-15(13)14/h6-11,23H,5,12H2,1-4H3/t18-/m0/s1. The highest BCUT2D eigenvalue weighted by Gasteiger charge is 2.41. The smallest absolute Gasteiger partial charge is 0.344 e. The van der Waals surface area contributed by atoms with Gasteiger partial charge < -0.3 is 9.84 Å². The lowest BCUT2D eigenvalue weighted by Crippen LogP contribution is -2.40. The van der Waals surface area contributed by atoms with Crippen LogP contribution in [0.2, 0.25) is 0 Å². The Bertz CT molecular complexity index is 747. The fourth-order valence-electron chi connectivity index (χ4n) is 2.30. The molecule has 1 aromatic carbocycles. The summed E-state index contributed by atoms with van der Waals surface area (Å²) in [6.07, 6.45) is 1.62. The van der Waals surface area contributed by atoms with E-state index >= 15 is 0 Å². The molecule has 0 spiro atoms. The number of pyridine rings is 1. The maximum Gasteiger partial charge on any atom is 0.344 e. The van der Waals surface area contributed by atoms with Gasteiger partial charge in [-0.3, -0.25) is 4.98 Å². The Balaban J connectivity index is 2.52. The molecular formula is C18H23N3O3. The molecule has 0 aliphatic heterocycles. The predicted molar refractivity (Wildman–Crippen MR) is 91.7 cm³/mol. The van der Waals surface area contributed by atoms with Crippen LogP contribution in [0.4, 0.5) is 0 Å². The van der Waals surface area contributed by atoms with Crippen molar-refractivity contribution in [2.75, 3.05) is 13.2 Å². The van der Waals surface area contributed by atoms with Gasteiger partial charge in [0.15, 0.2) is 0 Å². The molecule has 1 aromatic heterocycles. The zero-order valence-electron chi connectivity index (χ0n) is 14.5. The maximum absolute atomic E-state index is 12.5. The quantitative estimate of drug-likeness (QED) is 0.674. The molecule has 1 atom stereocenters. The van der Waals surface area contributed by atoms with E-state index in [1.807, 2.05) is 32.9 Å². The monoisotopic (exact) mass is 329 g/mol. The first kappa shape index (κ1) is 18.0. The van der Waals surface area contributed by atoms with Gasteiger partial charge in [0.2, 0.25) is 5.60 Å². The van der Waals surface area contributed by atoms with Gasteiger partial charge in [-0.1, -0.05) is 24.3 Å². The average molecular weight is 329 g/mol. The van der Waals surface area contributed by atoms with Crippen molar-refractivity contribution in [1.82, 2.24) is 4.98 Å². The normalized spacial score (nSPS) is 14.7. The van der Waals surface area contributed by atoms with Crippen molar-refractivity contribution < 1.29 is 14.6 Å². The van der Waals surface area contributed by atoms with Gasteiger partial charge in [-0.05, 0) is 33.8 Å². The molecule has 0 saturated heterocycles. The van der Waals surface area contributed by atoms with Crippen LogP contribution in [0.3, 0.4) is 0 Å². The molecular weight excluding hydrogens is 306 g/mol. The Morgan fingerprint density at radius 2 is 1.96 bits per heavy atom. The lowest BCUT2D eigenvalue weighted by molar-refractivity contribution is -0.165. The second-order valence-corrected chi connectivity index (χ2v) is 6.53. The molecule has 0 unspecified atom stereocenters. The summed E-state index contributed by atoms with van der Waals surface area (Å²) in [5.41, 5.74) is -1.42. The van der Waals surface area contributed by atoms with Crippen LogP contribution in [0, 0.1) is 0 Å². The number of benzene rings is 1. The van der Waals surface area contributed by atoms with Crippen LogP contribution < -0.4 is 0 Å². The van der Waals surface area contributed by atoms with Crippen molar-refractivity contribution >= 4 is 16.9 Å².